The summed E-state index contributed by atoms with van der Waals surface area (Å²) in [6.07, 6.45) is 3.86. The Bertz CT molecular complexity index is 846. The van der Waals surface area contributed by atoms with Gasteiger partial charge in [-0.15, -0.1) is 0 Å². The molecule has 2 aliphatic heterocycles. The maximum Gasteiger partial charge on any atom is 0.289 e. The van der Waals surface area contributed by atoms with Gasteiger partial charge in [0.15, 0.2) is 15.7 Å². The zero-order chi connectivity index (χ0) is 19.8. The predicted octanol–water partition coefficient (Wildman–Crippen LogP) is 1.01. The lowest BCUT2D eigenvalue weighted by Gasteiger charge is -2.24. The molecule has 0 bridgehead atoms. The first-order valence-corrected chi connectivity index (χ1v) is 11.4. The van der Waals surface area contributed by atoms with Gasteiger partial charge in [0.1, 0.15) is 5.69 Å². The average molecular weight is 397 g/mol. The predicted molar refractivity (Wildman–Crippen MR) is 102 cm³/mol. The van der Waals surface area contributed by atoms with Crippen molar-refractivity contribution in [3.8, 4) is 0 Å². The van der Waals surface area contributed by atoms with E-state index in [4.69, 9.17) is 0 Å². The largest absolute Gasteiger partial charge is 0.348 e. The molecule has 0 saturated carbocycles. The van der Waals surface area contributed by atoms with E-state index in [0.29, 0.717) is 25.1 Å². The molecule has 0 aliphatic carbocycles. The van der Waals surface area contributed by atoms with E-state index in [1.54, 1.807) is 7.05 Å². The highest BCUT2D eigenvalue weighted by Crippen LogP contribution is 2.24. The fraction of sp³-hybridized carbons (Fsp3) is 0.722. The minimum atomic E-state index is -3.08. The van der Waals surface area contributed by atoms with Crippen LogP contribution in [0.3, 0.4) is 0 Å². The van der Waals surface area contributed by atoms with E-state index >= 15 is 0 Å². The van der Waals surface area contributed by atoms with Crippen LogP contribution in [-0.4, -0.2) is 65.3 Å². The monoisotopic (exact) mass is 396 g/mol. The third-order valence-electron chi connectivity index (χ3n) is 5.59. The first kappa shape index (κ1) is 19.9. The van der Waals surface area contributed by atoms with Crippen molar-refractivity contribution in [3.05, 3.63) is 17.2 Å². The highest BCUT2D eigenvalue weighted by Gasteiger charge is 2.36. The summed E-state index contributed by atoms with van der Waals surface area (Å²) in [5.74, 6) is -0.226. The number of nitrogens with one attached hydrogen (secondary N) is 1. The zero-order valence-electron chi connectivity index (χ0n) is 16.2. The number of hydrogen-bond acceptors (Lipinski definition) is 5. The number of nitrogens with zero attached hydrogens (tertiary/aromatic N) is 3. The van der Waals surface area contributed by atoms with Crippen LogP contribution >= 0.6 is 0 Å². The molecule has 2 unspecified atom stereocenters. The second kappa shape index (κ2) is 7.61. The second-order valence-corrected chi connectivity index (χ2v) is 9.82. The Labute approximate surface area is 160 Å². The molecular weight excluding hydrogens is 368 g/mol. The molecule has 0 spiro atoms. The Hall–Kier alpha value is -1.90. The lowest BCUT2D eigenvalue weighted by atomic mass is 10.1. The number of imidazole rings is 1. The topological polar surface area (TPSA) is 101 Å². The molecule has 1 saturated heterocycles. The van der Waals surface area contributed by atoms with Crippen LogP contribution < -0.4 is 5.32 Å². The molecule has 1 aromatic heterocycles. The summed E-state index contributed by atoms with van der Waals surface area (Å²) in [5.41, 5.74) is 1.13. The molecule has 27 heavy (non-hydrogen) atoms. The number of sulfone groups is 1. The molecule has 3 heterocycles. The minimum Gasteiger partial charge on any atom is -0.348 e. The van der Waals surface area contributed by atoms with Crippen LogP contribution in [0, 0.1) is 0 Å². The Kier molecular flexibility index (Phi) is 5.60. The molecule has 0 aromatic carbocycles. The normalized spacial score (nSPS) is 22.1. The van der Waals surface area contributed by atoms with Crippen LogP contribution in [0.25, 0.3) is 0 Å². The van der Waals surface area contributed by atoms with E-state index in [1.807, 2.05) is 18.4 Å². The summed E-state index contributed by atoms with van der Waals surface area (Å²) in [4.78, 5) is 31.6. The number of fused-ring (bicyclic) bond motifs is 1. The lowest BCUT2D eigenvalue weighted by Crippen LogP contribution is -2.39. The van der Waals surface area contributed by atoms with E-state index in [9.17, 15) is 18.0 Å². The summed E-state index contributed by atoms with van der Waals surface area (Å²) in [7, 11) is -1.46. The summed E-state index contributed by atoms with van der Waals surface area (Å²) < 4.78 is 25.3. The Morgan fingerprint density at radius 2 is 2.11 bits per heavy atom. The fourth-order valence-electron chi connectivity index (χ4n) is 3.69. The van der Waals surface area contributed by atoms with Gasteiger partial charge in [-0.25, -0.2) is 13.4 Å². The van der Waals surface area contributed by atoms with Crippen LogP contribution in [-0.2, 0) is 22.8 Å². The van der Waals surface area contributed by atoms with E-state index in [1.165, 1.54) is 4.90 Å². The standard InChI is InChI=1S/C18H28N4O4S/c1-4-12(2)19-17(23)15-14-7-5-6-9-22(14)16(20-15)18(24)21(3)13-8-10-27(25,26)11-13/h12-13H,4-11H2,1-3H3,(H,19,23). The average Bonchev–Trinajstić information content (AvgIpc) is 3.20. The summed E-state index contributed by atoms with van der Waals surface area (Å²) in [5, 5.41) is 2.92. The van der Waals surface area contributed by atoms with Gasteiger partial charge < -0.3 is 14.8 Å². The first-order chi connectivity index (χ1) is 12.7. The molecule has 2 aliphatic rings. The maximum atomic E-state index is 13.0. The maximum absolute atomic E-state index is 13.0. The van der Waals surface area contributed by atoms with Gasteiger partial charge in [0.2, 0.25) is 0 Å². The number of hydrogen-bond donors (Lipinski definition) is 1. The molecule has 2 atom stereocenters. The molecule has 1 N–H and O–H groups in total. The van der Waals surface area contributed by atoms with Crippen LogP contribution in [0.5, 0.6) is 0 Å². The smallest absolute Gasteiger partial charge is 0.289 e. The number of amides is 2. The molecule has 2 amide bonds. The van der Waals surface area contributed by atoms with Crippen molar-refractivity contribution in [2.45, 2.75) is 64.6 Å². The Balaban J connectivity index is 1.89. The highest BCUT2D eigenvalue weighted by atomic mass is 32.2. The van der Waals surface area contributed by atoms with Crippen LogP contribution in [0.1, 0.15) is 66.3 Å². The van der Waals surface area contributed by atoms with Gasteiger partial charge in [-0.05, 0) is 39.0 Å². The summed E-state index contributed by atoms with van der Waals surface area (Å²) in [6.45, 7) is 4.57. The molecule has 3 rings (SSSR count). The Morgan fingerprint density at radius 3 is 2.74 bits per heavy atom. The van der Waals surface area contributed by atoms with Crippen molar-refractivity contribution >= 4 is 21.7 Å². The van der Waals surface area contributed by atoms with Crippen LogP contribution in [0.2, 0.25) is 0 Å². The molecule has 0 radical (unpaired) electrons. The van der Waals surface area contributed by atoms with Gasteiger partial charge in [-0.2, -0.15) is 0 Å². The first-order valence-electron chi connectivity index (χ1n) is 9.61. The molecule has 150 valence electrons. The quantitative estimate of drug-likeness (QED) is 0.800. The van der Waals surface area contributed by atoms with Gasteiger partial charge in [-0.3, -0.25) is 9.59 Å². The van der Waals surface area contributed by atoms with E-state index in [2.05, 4.69) is 10.3 Å². The molecule has 1 aromatic rings. The molecule has 9 heteroatoms. The lowest BCUT2D eigenvalue weighted by molar-refractivity contribution is 0.0729. The molecular formula is C18H28N4O4S. The van der Waals surface area contributed by atoms with Crippen molar-refractivity contribution in [1.29, 1.82) is 0 Å². The van der Waals surface area contributed by atoms with Crippen molar-refractivity contribution < 1.29 is 18.0 Å². The van der Waals surface area contributed by atoms with E-state index in [-0.39, 0.29) is 41.2 Å². The summed E-state index contributed by atoms with van der Waals surface area (Å²) in [6, 6.07) is -0.305. The van der Waals surface area contributed by atoms with Crippen LogP contribution in [0.15, 0.2) is 0 Å². The van der Waals surface area contributed by atoms with Gasteiger partial charge in [0.25, 0.3) is 11.8 Å². The number of carbonyl (C=O) groups excluding carboxylic acids is 2. The van der Waals surface area contributed by atoms with E-state index < -0.39 is 9.84 Å². The van der Waals surface area contributed by atoms with Crippen molar-refractivity contribution in [1.82, 2.24) is 19.8 Å². The number of aromatic nitrogens is 2. The van der Waals surface area contributed by atoms with Crippen molar-refractivity contribution in [2.24, 2.45) is 0 Å². The van der Waals surface area contributed by atoms with Crippen molar-refractivity contribution in [3.63, 3.8) is 0 Å². The van der Waals surface area contributed by atoms with Crippen molar-refractivity contribution in [2.75, 3.05) is 18.6 Å². The SMILES string of the molecule is CCC(C)NC(=O)c1nc(C(=O)N(C)C2CCS(=O)(=O)C2)n2c1CCCC2. The zero-order valence-corrected chi connectivity index (χ0v) is 17.0. The molecule has 8 nitrogen and oxygen atoms in total. The number of carbonyl (C=O) groups is 2. The fourth-order valence-corrected chi connectivity index (χ4v) is 5.46. The van der Waals surface area contributed by atoms with E-state index in [0.717, 1.165) is 25.0 Å². The Morgan fingerprint density at radius 1 is 1.37 bits per heavy atom. The van der Waals surface area contributed by atoms with Gasteiger partial charge in [0, 0.05) is 25.7 Å². The van der Waals surface area contributed by atoms with Gasteiger partial charge in [0.05, 0.1) is 17.2 Å². The minimum absolute atomic E-state index is 0.00976. The van der Waals surface area contributed by atoms with Gasteiger partial charge in [-0.1, -0.05) is 6.92 Å². The summed E-state index contributed by atoms with van der Waals surface area (Å²) >= 11 is 0. The van der Waals surface area contributed by atoms with Crippen LogP contribution in [0.4, 0.5) is 0 Å². The van der Waals surface area contributed by atoms with Gasteiger partial charge >= 0.3 is 0 Å². The third-order valence-corrected chi connectivity index (χ3v) is 7.34. The third kappa shape index (κ3) is 4.02. The molecule has 1 fully saturated rings. The second-order valence-electron chi connectivity index (χ2n) is 7.60. The highest BCUT2D eigenvalue weighted by molar-refractivity contribution is 7.91. The number of rotatable bonds is 5.